The number of ether oxygens (including phenoxy) is 1. The fraction of sp³-hybridized carbons (Fsp3) is 0.133. The number of ketones is 1. The summed E-state index contributed by atoms with van der Waals surface area (Å²) < 4.78 is 19.4. The Morgan fingerprint density at radius 3 is 2.68 bits per heavy atom. The van der Waals surface area contributed by atoms with E-state index >= 15 is 0 Å². The normalized spacial score (nSPS) is 10.3. The van der Waals surface area contributed by atoms with Gasteiger partial charge in [0.05, 0.1) is 0 Å². The molecule has 0 aromatic heterocycles. The quantitative estimate of drug-likeness (QED) is 0.742. The maximum Gasteiger partial charge on any atom is 0.162 e. The van der Waals surface area contributed by atoms with Gasteiger partial charge >= 0.3 is 0 Å². The van der Waals surface area contributed by atoms with Crippen molar-refractivity contribution in [2.75, 3.05) is 0 Å². The largest absolute Gasteiger partial charge is 0.457 e. The Balaban J connectivity index is 2.25. The van der Waals surface area contributed by atoms with Gasteiger partial charge in [-0.25, -0.2) is 4.39 Å². The van der Waals surface area contributed by atoms with Crippen LogP contribution >= 0.6 is 15.9 Å². The van der Waals surface area contributed by atoms with E-state index in [2.05, 4.69) is 15.9 Å². The number of carbonyl (C=O) groups excluding carboxylic acids is 1. The van der Waals surface area contributed by atoms with Gasteiger partial charge in [-0.2, -0.15) is 0 Å². The second-order valence-electron chi connectivity index (χ2n) is 4.01. The van der Waals surface area contributed by atoms with Crippen LogP contribution in [0.5, 0.6) is 11.5 Å². The second-order valence-corrected chi connectivity index (χ2v) is 4.93. The molecule has 0 spiro atoms. The third-order valence-corrected chi connectivity index (χ3v) is 3.01. The van der Waals surface area contributed by atoms with Crippen molar-refractivity contribution in [1.82, 2.24) is 0 Å². The molecular weight excluding hydrogens is 311 g/mol. The molecule has 0 radical (unpaired) electrons. The van der Waals surface area contributed by atoms with Gasteiger partial charge in [-0.15, -0.1) is 0 Å². The van der Waals surface area contributed by atoms with E-state index in [0.717, 1.165) is 0 Å². The van der Waals surface area contributed by atoms with E-state index in [1.807, 2.05) is 0 Å². The standard InChI is InChI=1S/C15H12BrFO2/c1-2-15(18)10-4-3-5-13(6-10)19-14-8-11(16)7-12(17)9-14/h3-9H,2H2,1H3. The molecule has 0 N–H and O–H groups in total. The molecule has 0 saturated heterocycles. The van der Waals surface area contributed by atoms with Crippen molar-refractivity contribution in [3.05, 3.63) is 58.3 Å². The molecule has 2 nitrogen and oxygen atoms in total. The van der Waals surface area contributed by atoms with Crippen molar-refractivity contribution in [3.63, 3.8) is 0 Å². The van der Waals surface area contributed by atoms with E-state index in [1.165, 1.54) is 12.1 Å². The average Bonchev–Trinajstić information content (AvgIpc) is 2.37. The maximum atomic E-state index is 13.2. The zero-order valence-electron chi connectivity index (χ0n) is 10.3. The van der Waals surface area contributed by atoms with E-state index < -0.39 is 0 Å². The summed E-state index contributed by atoms with van der Waals surface area (Å²) in [5, 5.41) is 0. The number of Topliss-reactive ketones (excluding diaryl/α,β-unsaturated/α-hetero) is 1. The van der Waals surface area contributed by atoms with E-state index in [-0.39, 0.29) is 11.6 Å². The highest BCUT2D eigenvalue weighted by Crippen LogP contribution is 2.26. The molecule has 98 valence electrons. The van der Waals surface area contributed by atoms with Gasteiger partial charge in [-0.3, -0.25) is 4.79 Å². The Morgan fingerprint density at radius 2 is 2.00 bits per heavy atom. The van der Waals surface area contributed by atoms with Crippen LogP contribution in [0.4, 0.5) is 4.39 Å². The molecule has 0 bridgehead atoms. The highest BCUT2D eigenvalue weighted by Gasteiger charge is 2.06. The SMILES string of the molecule is CCC(=O)c1cccc(Oc2cc(F)cc(Br)c2)c1. The zero-order valence-corrected chi connectivity index (χ0v) is 11.9. The van der Waals surface area contributed by atoms with Crippen LogP contribution in [-0.2, 0) is 0 Å². The molecular formula is C15H12BrFO2. The molecule has 2 aromatic carbocycles. The van der Waals surface area contributed by atoms with Crippen molar-refractivity contribution in [1.29, 1.82) is 0 Å². The van der Waals surface area contributed by atoms with E-state index in [9.17, 15) is 9.18 Å². The summed E-state index contributed by atoms with van der Waals surface area (Å²) in [5.74, 6) is 0.556. The van der Waals surface area contributed by atoms with Gasteiger partial charge in [0.1, 0.15) is 17.3 Å². The van der Waals surface area contributed by atoms with Gasteiger partial charge in [0, 0.05) is 22.5 Å². The lowest BCUT2D eigenvalue weighted by molar-refractivity contribution is 0.0988. The summed E-state index contributed by atoms with van der Waals surface area (Å²) in [6, 6.07) is 11.2. The molecule has 0 aliphatic rings. The van der Waals surface area contributed by atoms with Crippen LogP contribution in [0, 0.1) is 5.82 Å². The lowest BCUT2D eigenvalue weighted by Gasteiger charge is -2.07. The summed E-state index contributed by atoms with van der Waals surface area (Å²) in [6.45, 7) is 1.81. The predicted octanol–water partition coefficient (Wildman–Crippen LogP) is 4.97. The Kier molecular flexibility index (Phi) is 4.32. The summed E-state index contributed by atoms with van der Waals surface area (Å²) in [4.78, 5) is 11.6. The van der Waals surface area contributed by atoms with Crippen LogP contribution < -0.4 is 4.74 Å². The number of hydrogen-bond acceptors (Lipinski definition) is 2. The van der Waals surface area contributed by atoms with Crippen molar-refractivity contribution >= 4 is 21.7 Å². The van der Waals surface area contributed by atoms with Crippen molar-refractivity contribution in [2.45, 2.75) is 13.3 Å². The minimum atomic E-state index is -0.384. The van der Waals surface area contributed by atoms with Gasteiger partial charge in [0.2, 0.25) is 0 Å². The Hall–Kier alpha value is -1.68. The highest BCUT2D eigenvalue weighted by atomic mass is 79.9. The highest BCUT2D eigenvalue weighted by molar-refractivity contribution is 9.10. The first-order chi connectivity index (χ1) is 9.08. The van der Waals surface area contributed by atoms with Gasteiger partial charge in [-0.1, -0.05) is 35.0 Å². The third-order valence-electron chi connectivity index (χ3n) is 2.55. The maximum absolute atomic E-state index is 13.2. The lowest BCUT2D eigenvalue weighted by atomic mass is 10.1. The molecule has 2 aromatic rings. The smallest absolute Gasteiger partial charge is 0.162 e. The number of benzene rings is 2. The molecule has 19 heavy (non-hydrogen) atoms. The van der Waals surface area contributed by atoms with Crippen LogP contribution in [0.25, 0.3) is 0 Å². The first-order valence-corrected chi connectivity index (χ1v) is 6.65. The minimum absolute atomic E-state index is 0.0471. The summed E-state index contributed by atoms with van der Waals surface area (Å²) >= 11 is 3.20. The molecule has 0 amide bonds. The lowest BCUT2D eigenvalue weighted by Crippen LogP contribution is -1.96. The van der Waals surface area contributed by atoms with Crippen molar-refractivity contribution in [3.8, 4) is 11.5 Å². The fourth-order valence-corrected chi connectivity index (χ4v) is 2.11. The number of hydrogen-bond donors (Lipinski definition) is 0. The third kappa shape index (κ3) is 3.64. The first kappa shape index (κ1) is 13.7. The van der Waals surface area contributed by atoms with Gasteiger partial charge in [0.25, 0.3) is 0 Å². The molecule has 0 aliphatic carbocycles. The zero-order chi connectivity index (χ0) is 13.8. The molecule has 0 unspecified atom stereocenters. The molecule has 0 aliphatic heterocycles. The topological polar surface area (TPSA) is 26.3 Å². The van der Waals surface area contributed by atoms with Gasteiger partial charge in [-0.05, 0) is 24.3 Å². The molecule has 0 heterocycles. The molecule has 0 atom stereocenters. The van der Waals surface area contributed by atoms with E-state index in [0.29, 0.717) is 28.0 Å². The van der Waals surface area contributed by atoms with Crippen LogP contribution in [0.3, 0.4) is 0 Å². The van der Waals surface area contributed by atoms with Crippen LogP contribution in [0.2, 0.25) is 0 Å². The molecule has 0 saturated carbocycles. The van der Waals surface area contributed by atoms with Crippen LogP contribution in [-0.4, -0.2) is 5.78 Å². The van der Waals surface area contributed by atoms with Crippen LogP contribution in [0.1, 0.15) is 23.7 Å². The Labute approximate surface area is 119 Å². The Bertz CT molecular complexity index is 591. The van der Waals surface area contributed by atoms with Crippen molar-refractivity contribution < 1.29 is 13.9 Å². The van der Waals surface area contributed by atoms with Crippen molar-refractivity contribution in [2.24, 2.45) is 0 Å². The summed E-state index contributed by atoms with van der Waals surface area (Å²) in [6.07, 6.45) is 0.439. The fourth-order valence-electron chi connectivity index (χ4n) is 1.66. The van der Waals surface area contributed by atoms with E-state index in [4.69, 9.17) is 4.74 Å². The molecule has 0 fully saturated rings. The van der Waals surface area contributed by atoms with E-state index in [1.54, 1.807) is 37.3 Å². The first-order valence-electron chi connectivity index (χ1n) is 5.85. The van der Waals surface area contributed by atoms with Crippen LogP contribution in [0.15, 0.2) is 46.9 Å². The number of carbonyl (C=O) groups is 1. The monoisotopic (exact) mass is 322 g/mol. The minimum Gasteiger partial charge on any atom is -0.457 e. The number of rotatable bonds is 4. The summed E-state index contributed by atoms with van der Waals surface area (Å²) in [5.41, 5.74) is 0.593. The summed E-state index contributed by atoms with van der Waals surface area (Å²) in [7, 11) is 0. The molecule has 4 heteroatoms. The Morgan fingerprint density at radius 1 is 1.21 bits per heavy atom. The number of halogens is 2. The molecule has 2 rings (SSSR count). The second kappa shape index (κ2) is 5.97. The average molecular weight is 323 g/mol. The predicted molar refractivity (Wildman–Crippen MR) is 75.2 cm³/mol. The van der Waals surface area contributed by atoms with Gasteiger partial charge in [0.15, 0.2) is 5.78 Å². The van der Waals surface area contributed by atoms with Gasteiger partial charge < -0.3 is 4.74 Å².